The van der Waals surface area contributed by atoms with Crippen LogP contribution in [0.2, 0.25) is 10.0 Å². The number of pyridine rings is 1. The Kier molecular flexibility index (Phi) is 5.75. The predicted octanol–water partition coefficient (Wildman–Crippen LogP) is 5.69. The first-order valence-electron chi connectivity index (χ1n) is 8.30. The van der Waals surface area contributed by atoms with Crippen molar-refractivity contribution in [3.05, 3.63) is 58.2 Å². The summed E-state index contributed by atoms with van der Waals surface area (Å²) in [5.41, 5.74) is 0.907. The molecule has 1 aliphatic rings. The molecule has 1 aliphatic carbocycles. The van der Waals surface area contributed by atoms with Gasteiger partial charge >= 0.3 is 0 Å². The van der Waals surface area contributed by atoms with Crippen LogP contribution in [-0.2, 0) is 4.79 Å². The van der Waals surface area contributed by atoms with E-state index >= 15 is 0 Å². The third-order valence-corrected chi connectivity index (χ3v) is 5.36. The first-order chi connectivity index (χ1) is 11.6. The standard InChI is InChI=1S/C19H20Cl2N2O/c20-16-9-8-14(12-17(16)21)15(11-13-5-1-2-6-13)19(24)23-18-7-3-4-10-22-18/h3-4,7-10,12-13,15H,1-2,5-6,11H2,(H,22,23,24). The van der Waals surface area contributed by atoms with Gasteiger partial charge in [-0.2, -0.15) is 0 Å². The topological polar surface area (TPSA) is 42.0 Å². The van der Waals surface area contributed by atoms with Gasteiger partial charge < -0.3 is 5.32 Å². The summed E-state index contributed by atoms with van der Waals surface area (Å²) in [6.07, 6.45) is 7.38. The van der Waals surface area contributed by atoms with Crippen LogP contribution in [-0.4, -0.2) is 10.9 Å². The fourth-order valence-corrected chi connectivity index (χ4v) is 3.66. The second kappa shape index (κ2) is 8.00. The fourth-order valence-electron chi connectivity index (χ4n) is 3.35. The molecule has 24 heavy (non-hydrogen) atoms. The van der Waals surface area contributed by atoms with E-state index in [9.17, 15) is 4.79 Å². The van der Waals surface area contributed by atoms with E-state index in [4.69, 9.17) is 23.2 Å². The molecule has 1 aromatic carbocycles. The van der Waals surface area contributed by atoms with Gasteiger partial charge in [-0.25, -0.2) is 4.98 Å². The van der Waals surface area contributed by atoms with Gasteiger partial charge in [0, 0.05) is 6.20 Å². The van der Waals surface area contributed by atoms with E-state index < -0.39 is 0 Å². The highest BCUT2D eigenvalue weighted by molar-refractivity contribution is 6.42. The smallest absolute Gasteiger partial charge is 0.233 e. The Morgan fingerprint density at radius 3 is 2.62 bits per heavy atom. The van der Waals surface area contributed by atoms with Gasteiger partial charge in [-0.3, -0.25) is 4.79 Å². The van der Waals surface area contributed by atoms with Crippen molar-refractivity contribution in [2.45, 2.75) is 38.0 Å². The molecule has 3 nitrogen and oxygen atoms in total. The molecule has 0 radical (unpaired) electrons. The Morgan fingerprint density at radius 2 is 1.96 bits per heavy atom. The number of rotatable bonds is 5. The van der Waals surface area contributed by atoms with Crippen LogP contribution in [0.4, 0.5) is 5.82 Å². The summed E-state index contributed by atoms with van der Waals surface area (Å²) in [4.78, 5) is 17.0. The minimum Gasteiger partial charge on any atom is -0.310 e. The zero-order valence-electron chi connectivity index (χ0n) is 13.3. The van der Waals surface area contributed by atoms with Crippen molar-refractivity contribution in [1.29, 1.82) is 0 Å². The number of nitrogens with one attached hydrogen (secondary N) is 1. The van der Waals surface area contributed by atoms with Crippen molar-refractivity contribution in [3.8, 4) is 0 Å². The molecule has 1 unspecified atom stereocenters. The molecule has 5 heteroatoms. The number of halogens is 2. The van der Waals surface area contributed by atoms with Crippen LogP contribution in [0, 0.1) is 5.92 Å². The van der Waals surface area contributed by atoms with Gasteiger partial charge in [0.25, 0.3) is 0 Å². The molecule has 126 valence electrons. The van der Waals surface area contributed by atoms with Crippen LogP contribution in [0.25, 0.3) is 0 Å². The molecule has 2 aromatic rings. The number of amides is 1. The second-order valence-electron chi connectivity index (χ2n) is 6.32. The highest BCUT2D eigenvalue weighted by Crippen LogP contribution is 2.36. The lowest BCUT2D eigenvalue weighted by atomic mass is 9.87. The van der Waals surface area contributed by atoms with Gasteiger partial charge in [0.15, 0.2) is 0 Å². The van der Waals surface area contributed by atoms with Crippen molar-refractivity contribution in [2.24, 2.45) is 5.92 Å². The number of anilines is 1. The maximum atomic E-state index is 12.9. The Morgan fingerprint density at radius 1 is 1.17 bits per heavy atom. The highest BCUT2D eigenvalue weighted by atomic mass is 35.5. The van der Waals surface area contributed by atoms with Crippen molar-refractivity contribution in [2.75, 3.05) is 5.32 Å². The SMILES string of the molecule is O=C(Nc1ccccn1)C(CC1CCCC1)c1ccc(Cl)c(Cl)c1. The van der Waals surface area contributed by atoms with Crippen LogP contribution in [0.5, 0.6) is 0 Å². The zero-order valence-corrected chi connectivity index (χ0v) is 14.9. The normalized spacial score (nSPS) is 16.1. The van der Waals surface area contributed by atoms with Crippen LogP contribution in [0.1, 0.15) is 43.6 Å². The summed E-state index contributed by atoms with van der Waals surface area (Å²) < 4.78 is 0. The van der Waals surface area contributed by atoms with E-state index in [1.165, 1.54) is 25.7 Å². The van der Waals surface area contributed by atoms with Crippen molar-refractivity contribution in [3.63, 3.8) is 0 Å². The number of carbonyl (C=O) groups excluding carboxylic acids is 1. The molecule has 0 spiro atoms. The molecule has 1 saturated carbocycles. The summed E-state index contributed by atoms with van der Waals surface area (Å²) in [6.45, 7) is 0. The average Bonchev–Trinajstić information content (AvgIpc) is 3.09. The van der Waals surface area contributed by atoms with Gasteiger partial charge in [-0.1, -0.05) is 61.0 Å². The van der Waals surface area contributed by atoms with Gasteiger partial charge in [0.1, 0.15) is 5.82 Å². The van der Waals surface area contributed by atoms with E-state index in [2.05, 4.69) is 10.3 Å². The second-order valence-corrected chi connectivity index (χ2v) is 7.13. The quantitative estimate of drug-likeness (QED) is 0.741. The Labute approximate surface area is 152 Å². The fraction of sp³-hybridized carbons (Fsp3) is 0.368. The maximum absolute atomic E-state index is 12.9. The lowest BCUT2D eigenvalue weighted by Gasteiger charge is -2.21. The number of hydrogen-bond acceptors (Lipinski definition) is 2. The predicted molar refractivity (Wildman–Crippen MR) is 98.6 cm³/mol. The summed E-state index contributed by atoms with van der Waals surface area (Å²) in [5, 5.41) is 3.91. The lowest BCUT2D eigenvalue weighted by molar-refractivity contribution is -0.118. The third kappa shape index (κ3) is 4.28. The number of aromatic nitrogens is 1. The number of nitrogens with zero attached hydrogens (tertiary/aromatic N) is 1. The number of carbonyl (C=O) groups is 1. The van der Waals surface area contributed by atoms with Crippen LogP contribution < -0.4 is 5.32 Å². The monoisotopic (exact) mass is 362 g/mol. The number of hydrogen-bond donors (Lipinski definition) is 1. The summed E-state index contributed by atoms with van der Waals surface area (Å²) >= 11 is 12.2. The molecular formula is C19H20Cl2N2O. The summed E-state index contributed by atoms with van der Waals surface area (Å²) in [7, 11) is 0. The molecule has 0 saturated heterocycles. The Balaban J connectivity index is 1.82. The van der Waals surface area contributed by atoms with Crippen LogP contribution in [0.15, 0.2) is 42.6 Å². The molecule has 1 N–H and O–H groups in total. The molecule has 0 aliphatic heterocycles. The molecule has 1 fully saturated rings. The molecule has 1 atom stereocenters. The van der Waals surface area contributed by atoms with Crippen LogP contribution >= 0.6 is 23.2 Å². The Hall–Kier alpha value is -1.58. The zero-order chi connectivity index (χ0) is 16.9. The molecule has 3 rings (SSSR count). The van der Waals surface area contributed by atoms with E-state index in [0.29, 0.717) is 21.8 Å². The first kappa shape index (κ1) is 17.2. The molecule has 1 amide bonds. The van der Waals surface area contributed by atoms with E-state index in [-0.39, 0.29) is 11.8 Å². The van der Waals surface area contributed by atoms with E-state index in [1.54, 1.807) is 18.3 Å². The first-order valence-corrected chi connectivity index (χ1v) is 9.06. The minimum atomic E-state index is -0.245. The minimum absolute atomic E-state index is 0.0426. The highest BCUT2D eigenvalue weighted by Gasteiger charge is 2.27. The van der Waals surface area contributed by atoms with Gasteiger partial charge in [0.05, 0.1) is 16.0 Å². The summed E-state index contributed by atoms with van der Waals surface area (Å²) in [6, 6.07) is 10.9. The molecule has 1 aromatic heterocycles. The summed E-state index contributed by atoms with van der Waals surface area (Å²) in [5.74, 6) is 0.863. The maximum Gasteiger partial charge on any atom is 0.233 e. The van der Waals surface area contributed by atoms with Crippen molar-refractivity contribution >= 4 is 34.9 Å². The van der Waals surface area contributed by atoms with E-state index in [1.807, 2.05) is 24.3 Å². The largest absolute Gasteiger partial charge is 0.310 e. The van der Waals surface area contributed by atoms with Gasteiger partial charge in [-0.15, -0.1) is 0 Å². The lowest BCUT2D eigenvalue weighted by Crippen LogP contribution is -2.23. The molecule has 1 heterocycles. The van der Waals surface area contributed by atoms with Crippen molar-refractivity contribution in [1.82, 2.24) is 4.98 Å². The van der Waals surface area contributed by atoms with Gasteiger partial charge in [0.2, 0.25) is 5.91 Å². The third-order valence-electron chi connectivity index (χ3n) is 4.62. The van der Waals surface area contributed by atoms with Crippen LogP contribution in [0.3, 0.4) is 0 Å². The molecular weight excluding hydrogens is 343 g/mol. The Bertz CT molecular complexity index is 700. The van der Waals surface area contributed by atoms with Crippen molar-refractivity contribution < 1.29 is 4.79 Å². The van der Waals surface area contributed by atoms with E-state index in [0.717, 1.165) is 12.0 Å². The molecule has 0 bridgehead atoms. The average molecular weight is 363 g/mol. The number of benzene rings is 1. The van der Waals surface area contributed by atoms with Gasteiger partial charge in [-0.05, 0) is 42.2 Å².